The molecule has 0 unspecified atom stereocenters. The Bertz CT molecular complexity index is 1200. The van der Waals surface area contributed by atoms with Gasteiger partial charge in [0.25, 0.3) is 0 Å². The van der Waals surface area contributed by atoms with Crippen LogP contribution in [0.1, 0.15) is 43.6 Å². The number of carbonyl (C=O) groups is 1. The first-order valence-electron chi connectivity index (χ1n) is 13.0. The molecule has 0 spiro atoms. The molecule has 12 heteroatoms. The van der Waals surface area contributed by atoms with E-state index >= 15 is 0 Å². The van der Waals surface area contributed by atoms with Gasteiger partial charge in [0.05, 0.1) is 59.0 Å². The van der Waals surface area contributed by atoms with E-state index in [2.05, 4.69) is 58.8 Å². The smallest absolute Gasteiger partial charge is 0.417 e. The molecular weight excluding hydrogens is 531 g/mol. The average Bonchev–Trinajstić information content (AvgIpc) is 3.33. The number of rotatable bonds is 8. The predicted octanol–water partition coefficient (Wildman–Crippen LogP) is 5.00. The molecule has 0 saturated carbocycles. The number of aryl methyl sites for hydroxylation is 1. The number of terminal acetylenes is 1. The highest BCUT2D eigenvalue weighted by Gasteiger charge is 2.30. The van der Waals surface area contributed by atoms with E-state index in [1.165, 1.54) is 23.9 Å². The van der Waals surface area contributed by atoms with Crippen molar-refractivity contribution in [1.29, 1.82) is 0 Å². The van der Waals surface area contributed by atoms with Gasteiger partial charge in [0.15, 0.2) is 0 Å². The Morgan fingerprint density at radius 1 is 1.15 bits per heavy atom. The average molecular weight is 566 g/mol. The zero-order valence-corrected chi connectivity index (χ0v) is 23.9. The molecule has 1 aromatic carbocycles. The Kier molecular flexibility index (Phi) is 14.8. The third-order valence-electron chi connectivity index (χ3n) is 5.83. The summed E-state index contributed by atoms with van der Waals surface area (Å²) in [6, 6.07) is 12.4. The zero-order valence-electron chi connectivity index (χ0n) is 23.9. The molecule has 0 N–H and O–H groups in total. The number of pyridine rings is 1. The standard InChI is InChI=1S/C13H14N2O.C12H13B2F3N2O2.C2H6.C2H2/c1-10-13(11-5-3-2-4-6-11)12-9-16-8-7-15(12)14-10;1-19(8-20)11(13,14)5-2-6-21-10-4-3-9(7-18-10)12(15,16)17;2*1-2/h2-6H,7-9H2,1H3;3-4,7-8H,2,5-6H2,1H3;1-2H3;1-2H. The molecule has 41 heavy (non-hydrogen) atoms. The second-order valence-electron chi connectivity index (χ2n) is 8.59. The SMILES string of the molecule is C#C.CC.Cc1nn2c(c1-c1ccccc1)COCC2.[B]C([B])(CCCOc1ccc(C(F)(F)F)cn1)N(C)C=O. The Labute approximate surface area is 243 Å². The van der Waals surface area contributed by atoms with Gasteiger partial charge in [-0.2, -0.15) is 18.3 Å². The first-order chi connectivity index (χ1) is 19.5. The van der Waals surface area contributed by atoms with Gasteiger partial charge in [0.1, 0.15) is 0 Å². The number of aromatic nitrogens is 3. The van der Waals surface area contributed by atoms with Crippen LogP contribution in [-0.2, 0) is 28.9 Å². The lowest BCUT2D eigenvalue weighted by molar-refractivity contribution is -0.137. The number of fused-ring (bicyclic) bond motifs is 1. The molecular formula is C29H35B2F3N4O3. The zero-order chi connectivity index (χ0) is 31.1. The normalized spacial score (nSPS) is 12.1. The second kappa shape index (κ2) is 17.2. The van der Waals surface area contributed by atoms with Crippen LogP contribution >= 0.6 is 0 Å². The minimum Gasteiger partial charge on any atom is -0.478 e. The van der Waals surface area contributed by atoms with Gasteiger partial charge >= 0.3 is 6.18 Å². The van der Waals surface area contributed by atoms with Crippen molar-refractivity contribution >= 4 is 22.1 Å². The fourth-order valence-corrected chi connectivity index (χ4v) is 3.70. The van der Waals surface area contributed by atoms with Crippen molar-refractivity contribution in [3.8, 4) is 29.9 Å². The van der Waals surface area contributed by atoms with Crippen molar-refractivity contribution in [2.24, 2.45) is 0 Å². The monoisotopic (exact) mass is 566 g/mol. The molecule has 1 aliphatic rings. The van der Waals surface area contributed by atoms with Gasteiger partial charge in [0, 0.05) is 24.9 Å². The maximum absolute atomic E-state index is 12.3. The third kappa shape index (κ3) is 10.7. The molecule has 3 heterocycles. The van der Waals surface area contributed by atoms with Crippen molar-refractivity contribution < 1.29 is 27.4 Å². The van der Waals surface area contributed by atoms with Gasteiger partial charge in [-0.15, -0.1) is 12.8 Å². The number of hydrogen-bond acceptors (Lipinski definition) is 5. The van der Waals surface area contributed by atoms with Crippen molar-refractivity contribution in [3.63, 3.8) is 0 Å². The molecule has 216 valence electrons. The minimum atomic E-state index is -4.43. The van der Waals surface area contributed by atoms with Crippen LogP contribution in [-0.4, -0.2) is 67.4 Å². The Hall–Kier alpha value is -3.71. The molecule has 0 saturated heterocycles. The van der Waals surface area contributed by atoms with E-state index in [1.54, 1.807) is 0 Å². The molecule has 2 aromatic heterocycles. The summed E-state index contributed by atoms with van der Waals surface area (Å²) >= 11 is 0. The van der Waals surface area contributed by atoms with E-state index in [9.17, 15) is 18.0 Å². The Morgan fingerprint density at radius 2 is 1.80 bits per heavy atom. The summed E-state index contributed by atoms with van der Waals surface area (Å²) in [7, 11) is 12.8. The summed E-state index contributed by atoms with van der Waals surface area (Å²) in [4.78, 5) is 15.2. The van der Waals surface area contributed by atoms with Crippen LogP contribution in [0.4, 0.5) is 13.2 Å². The highest BCUT2D eigenvalue weighted by atomic mass is 19.4. The number of hydrogen-bond donors (Lipinski definition) is 0. The molecule has 3 aromatic rings. The maximum Gasteiger partial charge on any atom is 0.417 e. The van der Waals surface area contributed by atoms with Crippen LogP contribution in [0.15, 0.2) is 48.7 Å². The van der Waals surface area contributed by atoms with Gasteiger partial charge in [-0.3, -0.25) is 9.48 Å². The maximum atomic E-state index is 12.3. The number of nitrogens with zero attached hydrogens (tertiary/aromatic N) is 4. The molecule has 0 atom stereocenters. The lowest BCUT2D eigenvalue weighted by Gasteiger charge is -2.34. The van der Waals surface area contributed by atoms with Crippen LogP contribution in [0, 0.1) is 19.8 Å². The topological polar surface area (TPSA) is 69.5 Å². The predicted molar refractivity (Wildman–Crippen MR) is 155 cm³/mol. The number of ether oxygens (including phenoxy) is 2. The molecule has 4 radical (unpaired) electrons. The van der Waals surface area contributed by atoms with Gasteiger partial charge < -0.3 is 14.4 Å². The van der Waals surface area contributed by atoms with E-state index < -0.39 is 17.1 Å². The summed E-state index contributed by atoms with van der Waals surface area (Å²) in [6.45, 7) is 8.53. The molecule has 4 rings (SSSR count). The van der Waals surface area contributed by atoms with Gasteiger partial charge in [-0.1, -0.05) is 44.2 Å². The fraction of sp³-hybridized carbons (Fsp3) is 0.414. The molecule has 7 nitrogen and oxygen atoms in total. The Morgan fingerprint density at radius 3 is 2.37 bits per heavy atom. The number of amides is 1. The second-order valence-corrected chi connectivity index (χ2v) is 8.59. The lowest BCUT2D eigenvalue weighted by atomic mass is 9.59. The van der Waals surface area contributed by atoms with Crippen LogP contribution in [0.25, 0.3) is 11.1 Å². The molecule has 1 aliphatic heterocycles. The van der Waals surface area contributed by atoms with Crippen molar-refractivity contribution in [3.05, 3.63) is 65.6 Å². The third-order valence-corrected chi connectivity index (χ3v) is 5.83. The largest absolute Gasteiger partial charge is 0.478 e. The van der Waals surface area contributed by atoms with E-state index in [-0.39, 0.29) is 18.9 Å². The van der Waals surface area contributed by atoms with Gasteiger partial charge in [0.2, 0.25) is 12.3 Å². The van der Waals surface area contributed by atoms with Gasteiger partial charge in [-0.05, 0) is 36.7 Å². The van der Waals surface area contributed by atoms with Crippen LogP contribution in [0.2, 0.25) is 0 Å². The molecule has 0 aliphatic carbocycles. The molecule has 1 amide bonds. The van der Waals surface area contributed by atoms with Crippen molar-refractivity contribution in [2.45, 2.75) is 58.3 Å². The van der Waals surface area contributed by atoms with Crippen molar-refractivity contribution in [2.75, 3.05) is 20.3 Å². The Balaban J connectivity index is 0.000000373. The summed E-state index contributed by atoms with van der Waals surface area (Å²) in [6.07, 6.45) is 5.46. The minimum absolute atomic E-state index is 0.0754. The van der Waals surface area contributed by atoms with Crippen LogP contribution in [0.5, 0.6) is 5.88 Å². The number of halogens is 3. The number of benzene rings is 1. The summed E-state index contributed by atoms with van der Waals surface area (Å²) in [5.74, 6) is 0.0754. The highest BCUT2D eigenvalue weighted by molar-refractivity contribution is 6.40. The molecule has 0 fully saturated rings. The van der Waals surface area contributed by atoms with E-state index in [1.807, 2.05) is 19.9 Å². The highest BCUT2D eigenvalue weighted by Crippen LogP contribution is 2.30. The van der Waals surface area contributed by atoms with E-state index in [0.29, 0.717) is 25.6 Å². The summed E-state index contributed by atoms with van der Waals surface area (Å²) in [5.41, 5.74) is 3.92. The van der Waals surface area contributed by atoms with Gasteiger partial charge in [-0.25, -0.2) is 4.98 Å². The van der Waals surface area contributed by atoms with Crippen molar-refractivity contribution in [1.82, 2.24) is 19.7 Å². The quantitative estimate of drug-likeness (QED) is 0.166. The van der Waals surface area contributed by atoms with E-state index in [4.69, 9.17) is 25.2 Å². The summed E-state index contributed by atoms with van der Waals surface area (Å²) < 4.78 is 49.7. The van der Waals surface area contributed by atoms with Crippen LogP contribution in [0.3, 0.4) is 0 Å². The lowest BCUT2D eigenvalue weighted by Crippen LogP contribution is -2.47. The first kappa shape index (κ1) is 35.3. The molecule has 0 bridgehead atoms. The van der Waals surface area contributed by atoms with E-state index in [0.717, 1.165) is 35.9 Å². The summed E-state index contributed by atoms with van der Waals surface area (Å²) in [5, 5.41) is 3.27. The first-order valence-corrected chi connectivity index (χ1v) is 13.0. The van der Waals surface area contributed by atoms with Crippen LogP contribution < -0.4 is 4.74 Å². The number of carbonyl (C=O) groups excluding carboxylic acids is 1. The fourth-order valence-electron chi connectivity index (χ4n) is 3.70. The number of alkyl halides is 3.